The molecule has 2 heterocycles. The maximum absolute atomic E-state index is 12.1. The van der Waals surface area contributed by atoms with E-state index in [2.05, 4.69) is 35.8 Å². The van der Waals surface area contributed by atoms with Gasteiger partial charge < -0.3 is 9.42 Å². The topological polar surface area (TPSA) is 62.5 Å². The van der Waals surface area contributed by atoms with Gasteiger partial charge in [-0.05, 0) is 12.8 Å². The molecule has 1 amide bonds. The van der Waals surface area contributed by atoms with Crippen LogP contribution in [0.4, 0.5) is 0 Å². The van der Waals surface area contributed by atoms with Crippen molar-refractivity contribution >= 4 is 5.91 Å². The summed E-state index contributed by atoms with van der Waals surface area (Å²) in [5, 5.41) is 4.08. The molecule has 0 atom stereocenters. The van der Waals surface area contributed by atoms with Crippen LogP contribution in [0.15, 0.2) is 28.8 Å². The second kappa shape index (κ2) is 7.78. The van der Waals surface area contributed by atoms with Crippen LogP contribution in [-0.4, -0.2) is 52.0 Å². The largest absolute Gasteiger partial charge is 0.340 e. The summed E-state index contributed by atoms with van der Waals surface area (Å²) >= 11 is 0. The third-order valence-corrected chi connectivity index (χ3v) is 4.44. The molecular formula is C19H26N4O2. The van der Waals surface area contributed by atoms with E-state index in [1.54, 1.807) is 0 Å². The summed E-state index contributed by atoms with van der Waals surface area (Å²) in [4.78, 5) is 20.8. The summed E-state index contributed by atoms with van der Waals surface area (Å²) < 4.78 is 5.40. The molecule has 0 aliphatic carbocycles. The van der Waals surface area contributed by atoms with Gasteiger partial charge in [-0.2, -0.15) is 4.98 Å². The summed E-state index contributed by atoms with van der Waals surface area (Å²) in [5.41, 5.74) is 2.17. The van der Waals surface area contributed by atoms with Crippen LogP contribution in [0.1, 0.15) is 31.7 Å². The molecule has 2 aromatic rings. The predicted molar refractivity (Wildman–Crippen MR) is 95.8 cm³/mol. The molecule has 1 aliphatic rings. The van der Waals surface area contributed by atoms with Crippen molar-refractivity contribution in [2.45, 2.75) is 33.7 Å². The van der Waals surface area contributed by atoms with E-state index in [0.717, 1.165) is 31.7 Å². The summed E-state index contributed by atoms with van der Waals surface area (Å²) in [6, 6.07) is 8.09. The minimum atomic E-state index is 0.258. The van der Waals surface area contributed by atoms with E-state index in [9.17, 15) is 4.79 Å². The third-order valence-electron chi connectivity index (χ3n) is 4.44. The first-order valence-electron chi connectivity index (χ1n) is 8.91. The number of amides is 1. The first-order chi connectivity index (χ1) is 12.0. The minimum absolute atomic E-state index is 0.258. The zero-order valence-corrected chi connectivity index (χ0v) is 15.2. The molecule has 3 rings (SSSR count). The fourth-order valence-corrected chi connectivity index (χ4v) is 2.96. The monoisotopic (exact) mass is 342 g/mol. The zero-order chi connectivity index (χ0) is 17.8. The summed E-state index contributed by atoms with van der Waals surface area (Å²) in [5.74, 6) is 1.91. The first kappa shape index (κ1) is 17.6. The Morgan fingerprint density at radius 3 is 2.48 bits per heavy atom. The summed E-state index contributed by atoms with van der Waals surface area (Å²) in [6.45, 7) is 10.1. The average molecular weight is 342 g/mol. The Morgan fingerprint density at radius 2 is 1.84 bits per heavy atom. The molecule has 6 nitrogen and oxygen atoms in total. The number of carbonyl (C=O) groups excluding carboxylic acids is 1. The lowest BCUT2D eigenvalue weighted by atomic mass is 10.1. The Hall–Kier alpha value is -2.21. The SMILES string of the molecule is Cc1ccc(-c2noc(CN3CCN(C(=O)CC(C)C)CC3)n2)cc1. The molecule has 6 heteroatoms. The van der Waals surface area contributed by atoms with E-state index in [4.69, 9.17) is 4.52 Å². The number of nitrogens with zero attached hydrogens (tertiary/aromatic N) is 4. The van der Waals surface area contributed by atoms with Crippen molar-refractivity contribution in [3.05, 3.63) is 35.7 Å². The number of hydrogen-bond acceptors (Lipinski definition) is 5. The lowest BCUT2D eigenvalue weighted by molar-refractivity contribution is -0.133. The first-order valence-corrected chi connectivity index (χ1v) is 8.91. The second-order valence-corrected chi connectivity index (χ2v) is 7.13. The predicted octanol–water partition coefficient (Wildman–Crippen LogP) is 2.74. The van der Waals surface area contributed by atoms with E-state index >= 15 is 0 Å². The van der Waals surface area contributed by atoms with Crippen molar-refractivity contribution in [3.63, 3.8) is 0 Å². The van der Waals surface area contributed by atoms with Crippen LogP contribution in [0.2, 0.25) is 0 Å². The van der Waals surface area contributed by atoms with Gasteiger partial charge in [0.1, 0.15) is 0 Å². The number of benzene rings is 1. The molecule has 0 unspecified atom stereocenters. The van der Waals surface area contributed by atoms with E-state index in [-0.39, 0.29) is 5.91 Å². The summed E-state index contributed by atoms with van der Waals surface area (Å²) in [6.07, 6.45) is 0.629. The fourth-order valence-electron chi connectivity index (χ4n) is 2.96. The van der Waals surface area contributed by atoms with Crippen molar-refractivity contribution < 1.29 is 9.32 Å². The Labute approximate surface area is 148 Å². The smallest absolute Gasteiger partial charge is 0.241 e. The number of piperazine rings is 1. The highest BCUT2D eigenvalue weighted by molar-refractivity contribution is 5.76. The lowest BCUT2D eigenvalue weighted by Crippen LogP contribution is -2.48. The Bertz CT molecular complexity index is 700. The van der Waals surface area contributed by atoms with Gasteiger partial charge >= 0.3 is 0 Å². The number of hydrogen-bond donors (Lipinski definition) is 0. The van der Waals surface area contributed by atoms with E-state index < -0.39 is 0 Å². The third kappa shape index (κ3) is 4.66. The molecular weight excluding hydrogens is 316 g/mol. The van der Waals surface area contributed by atoms with Gasteiger partial charge in [0, 0.05) is 38.2 Å². The highest BCUT2D eigenvalue weighted by Crippen LogP contribution is 2.17. The molecule has 1 fully saturated rings. The van der Waals surface area contributed by atoms with E-state index in [1.165, 1.54) is 5.56 Å². The number of aryl methyl sites for hydroxylation is 1. The molecule has 0 saturated carbocycles. The average Bonchev–Trinajstić information content (AvgIpc) is 3.04. The van der Waals surface area contributed by atoms with Crippen LogP contribution >= 0.6 is 0 Å². The van der Waals surface area contributed by atoms with Gasteiger partial charge in [-0.1, -0.05) is 48.8 Å². The van der Waals surface area contributed by atoms with Crippen molar-refractivity contribution in [2.75, 3.05) is 26.2 Å². The summed E-state index contributed by atoms with van der Waals surface area (Å²) in [7, 11) is 0. The van der Waals surface area contributed by atoms with Gasteiger partial charge in [0.15, 0.2) is 0 Å². The molecule has 0 bridgehead atoms. The van der Waals surface area contributed by atoms with Crippen LogP contribution in [0.5, 0.6) is 0 Å². The van der Waals surface area contributed by atoms with Gasteiger partial charge in [-0.25, -0.2) is 0 Å². The van der Waals surface area contributed by atoms with Gasteiger partial charge in [-0.3, -0.25) is 9.69 Å². The maximum atomic E-state index is 12.1. The molecule has 25 heavy (non-hydrogen) atoms. The van der Waals surface area contributed by atoms with E-state index in [1.807, 2.05) is 29.2 Å². The molecule has 0 N–H and O–H groups in total. The highest BCUT2D eigenvalue weighted by atomic mass is 16.5. The van der Waals surface area contributed by atoms with Gasteiger partial charge in [0.2, 0.25) is 17.6 Å². The molecule has 134 valence electrons. The van der Waals surface area contributed by atoms with Gasteiger partial charge in [0.05, 0.1) is 6.54 Å². The van der Waals surface area contributed by atoms with Crippen molar-refractivity contribution in [2.24, 2.45) is 5.92 Å². The van der Waals surface area contributed by atoms with Crippen molar-refractivity contribution in [3.8, 4) is 11.4 Å². The van der Waals surface area contributed by atoms with Crippen LogP contribution in [0.25, 0.3) is 11.4 Å². The lowest BCUT2D eigenvalue weighted by Gasteiger charge is -2.34. The molecule has 0 spiro atoms. The Balaban J connectivity index is 1.53. The van der Waals surface area contributed by atoms with Gasteiger partial charge in [-0.15, -0.1) is 0 Å². The minimum Gasteiger partial charge on any atom is -0.340 e. The second-order valence-electron chi connectivity index (χ2n) is 7.13. The van der Waals surface area contributed by atoms with Crippen LogP contribution in [-0.2, 0) is 11.3 Å². The normalized spacial score (nSPS) is 15.8. The highest BCUT2D eigenvalue weighted by Gasteiger charge is 2.23. The van der Waals surface area contributed by atoms with E-state index in [0.29, 0.717) is 30.6 Å². The Kier molecular flexibility index (Phi) is 5.48. The van der Waals surface area contributed by atoms with Crippen LogP contribution in [0, 0.1) is 12.8 Å². The van der Waals surface area contributed by atoms with Crippen LogP contribution < -0.4 is 0 Å². The van der Waals surface area contributed by atoms with Crippen molar-refractivity contribution in [1.29, 1.82) is 0 Å². The standard InChI is InChI=1S/C19H26N4O2/c1-14(2)12-18(24)23-10-8-22(9-11-23)13-17-20-19(21-25-17)16-6-4-15(3)5-7-16/h4-7,14H,8-13H2,1-3H3. The molecule has 1 aliphatic heterocycles. The zero-order valence-electron chi connectivity index (χ0n) is 15.2. The molecule has 1 aromatic carbocycles. The Morgan fingerprint density at radius 1 is 1.16 bits per heavy atom. The number of rotatable bonds is 5. The maximum Gasteiger partial charge on any atom is 0.241 e. The molecule has 0 radical (unpaired) electrons. The number of carbonyl (C=O) groups is 1. The molecule has 1 saturated heterocycles. The number of aromatic nitrogens is 2. The van der Waals surface area contributed by atoms with Gasteiger partial charge in [0.25, 0.3) is 0 Å². The van der Waals surface area contributed by atoms with Crippen molar-refractivity contribution in [1.82, 2.24) is 19.9 Å². The quantitative estimate of drug-likeness (QED) is 0.836. The fraction of sp³-hybridized carbons (Fsp3) is 0.526. The molecule has 1 aromatic heterocycles. The van der Waals surface area contributed by atoms with Crippen LogP contribution in [0.3, 0.4) is 0 Å².